The van der Waals surface area contributed by atoms with Gasteiger partial charge in [-0.3, -0.25) is 9.48 Å². The molecule has 0 aliphatic carbocycles. The van der Waals surface area contributed by atoms with E-state index in [1.54, 1.807) is 4.68 Å². The SMILES string of the molecule is CCn1ncc(N)c1C(=O)Nc1cccc(C)c1C. The highest BCUT2D eigenvalue weighted by atomic mass is 16.2. The molecule has 1 amide bonds. The largest absolute Gasteiger partial charge is 0.396 e. The zero-order chi connectivity index (χ0) is 14.0. The first-order chi connectivity index (χ1) is 9.04. The molecule has 5 nitrogen and oxygen atoms in total. The van der Waals surface area contributed by atoms with Gasteiger partial charge in [0.1, 0.15) is 5.69 Å². The zero-order valence-corrected chi connectivity index (χ0v) is 11.4. The maximum absolute atomic E-state index is 12.3. The Morgan fingerprint density at radius 1 is 1.42 bits per heavy atom. The van der Waals surface area contributed by atoms with Crippen LogP contribution in [0.25, 0.3) is 0 Å². The van der Waals surface area contributed by atoms with Gasteiger partial charge in [-0.05, 0) is 38.0 Å². The summed E-state index contributed by atoms with van der Waals surface area (Å²) in [7, 11) is 0. The van der Waals surface area contributed by atoms with Gasteiger partial charge in [-0.25, -0.2) is 0 Å². The Morgan fingerprint density at radius 3 is 2.84 bits per heavy atom. The minimum absolute atomic E-state index is 0.231. The number of hydrogen-bond acceptors (Lipinski definition) is 3. The number of benzene rings is 1. The van der Waals surface area contributed by atoms with E-state index >= 15 is 0 Å². The molecule has 1 heterocycles. The van der Waals surface area contributed by atoms with Crippen LogP contribution >= 0.6 is 0 Å². The quantitative estimate of drug-likeness (QED) is 0.887. The lowest BCUT2D eigenvalue weighted by Crippen LogP contribution is -2.19. The van der Waals surface area contributed by atoms with Gasteiger partial charge in [0.2, 0.25) is 0 Å². The molecule has 0 saturated heterocycles. The molecule has 100 valence electrons. The number of carbonyl (C=O) groups is 1. The van der Waals surface area contributed by atoms with Crippen molar-refractivity contribution < 1.29 is 4.79 Å². The lowest BCUT2D eigenvalue weighted by molar-refractivity contribution is 0.101. The summed E-state index contributed by atoms with van der Waals surface area (Å²) < 4.78 is 1.59. The summed E-state index contributed by atoms with van der Waals surface area (Å²) >= 11 is 0. The molecular weight excluding hydrogens is 240 g/mol. The predicted octanol–water partition coefficient (Wildman–Crippen LogP) is 2.35. The molecule has 5 heteroatoms. The highest BCUT2D eigenvalue weighted by Gasteiger charge is 2.17. The summed E-state index contributed by atoms with van der Waals surface area (Å²) in [5.74, 6) is -0.231. The molecule has 0 saturated carbocycles. The maximum atomic E-state index is 12.3. The minimum atomic E-state index is -0.231. The number of hydrogen-bond donors (Lipinski definition) is 2. The second-order valence-corrected chi connectivity index (χ2v) is 4.47. The monoisotopic (exact) mass is 258 g/mol. The molecule has 0 aliphatic rings. The first-order valence-electron chi connectivity index (χ1n) is 6.23. The van der Waals surface area contributed by atoms with Gasteiger partial charge >= 0.3 is 0 Å². The van der Waals surface area contributed by atoms with Crippen LogP contribution in [-0.4, -0.2) is 15.7 Å². The number of nitrogens with two attached hydrogens (primary N) is 1. The first-order valence-corrected chi connectivity index (χ1v) is 6.23. The van der Waals surface area contributed by atoms with Crippen molar-refractivity contribution >= 4 is 17.3 Å². The number of nitrogens with zero attached hydrogens (tertiary/aromatic N) is 2. The molecule has 3 N–H and O–H groups in total. The summed E-state index contributed by atoms with van der Waals surface area (Å²) in [5.41, 5.74) is 9.58. The van der Waals surface area contributed by atoms with E-state index in [1.165, 1.54) is 6.20 Å². The maximum Gasteiger partial charge on any atom is 0.276 e. The van der Waals surface area contributed by atoms with Crippen molar-refractivity contribution in [3.8, 4) is 0 Å². The van der Waals surface area contributed by atoms with E-state index < -0.39 is 0 Å². The van der Waals surface area contributed by atoms with E-state index in [4.69, 9.17) is 5.73 Å². The highest BCUT2D eigenvalue weighted by molar-refractivity contribution is 6.06. The van der Waals surface area contributed by atoms with E-state index in [2.05, 4.69) is 10.4 Å². The Labute approximate surface area is 112 Å². The molecule has 0 aliphatic heterocycles. The number of rotatable bonds is 3. The minimum Gasteiger partial charge on any atom is -0.396 e. The van der Waals surface area contributed by atoms with Gasteiger partial charge < -0.3 is 11.1 Å². The van der Waals surface area contributed by atoms with E-state index in [0.717, 1.165) is 16.8 Å². The van der Waals surface area contributed by atoms with Crippen LogP contribution < -0.4 is 11.1 Å². The van der Waals surface area contributed by atoms with E-state index in [0.29, 0.717) is 17.9 Å². The molecule has 0 bridgehead atoms. The van der Waals surface area contributed by atoms with Gasteiger partial charge in [0, 0.05) is 12.2 Å². The lowest BCUT2D eigenvalue weighted by atomic mass is 10.1. The average Bonchev–Trinajstić information content (AvgIpc) is 2.76. The summed E-state index contributed by atoms with van der Waals surface area (Å²) in [6.45, 7) is 6.51. The topological polar surface area (TPSA) is 72.9 Å². The average molecular weight is 258 g/mol. The number of nitrogens with one attached hydrogen (secondary N) is 1. The Hall–Kier alpha value is -2.30. The Morgan fingerprint density at radius 2 is 2.16 bits per heavy atom. The normalized spacial score (nSPS) is 10.5. The molecule has 1 aromatic heterocycles. The number of amides is 1. The molecule has 0 atom stereocenters. The molecular formula is C14H18N4O. The third-order valence-electron chi connectivity index (χ3n) is 3.24. The number of aromatic nitrogens is 2. The van der Waals surface area contributed by atoms with Crippen molar-refractivity contribution in [2.45, 2.75) is 27.3 Å². The highest BCUT2D eigenvalue weighted by Crippen LogP contribution is 2.20. The Bertz CT molecular complexity index is 616. The fourth-order valence-electron chi connectivity index (χ4n) is 1.96. The summed E-state index contributed by atoms with van der Waals surface area (Å²) in [6, 6.07) is 5.80. The van der Waals surface area contributed by atoms with Crippen LogP contribution in [0.1, 0.15) is 28.5 Å². The second-order valence-electron chi connectivity index (χ2n) is 4.47. The van der Waals surface area contributed by atoms with E-state index in [9.17, 15) is 4.79 Å². The first kappa shape index (κ1) is 13.1. The second kappa shape index (κ2) is 5.14. The fourth-order valence-corrected chi connectivity index (χ4v) is 1.96. The zero-order valence-electron chi connectivity index (χ0n) is 11.4. The smallest absolute Gasteiger partial charge is 0.276 e. The summed E-state index contributed by atoms with van der Waals surface area (Å²) in [4.78, 5) is 12.3. The fraction of sp³-hybridized carbons (Fsp3) is 0.286. The van der Waals surface area contributed by atoms with Crippen molar-refractivity contribution in [3.63, 3.8) is 0 Å². The standard InChI is InChI=1S/C14H18N4O/c1-4-18-13(11(15)8-16-18)14(19)17-12-7-5-6-9(2)10(12)3/h5-8H,4,15H2,1-3H3,(H,17,19). The van der Waals surface area contributed by atoms with Crippen LogP contribution in [0.2, 0.25) is 0 Å². The van der Waals surface area contributed by atoms with E-state index in [-0.39, 0.29) is 5.91 Å². The predicted molar refractivity (Wildman–Crippen MR) is 76.2 cm³/mol. The van der Waals surface area contributed by atoms with Gasteiger partial charge in [-0.15, -0.1) is 0 Å². The molecule has 0 fully saturated rings. The third kappa shape index (κ3) is 2.45. The molecule has 2 rings (SSSR count). The van der Waals surface area contributed by atoms with Gasteiger partial charge in [0.25, 0.3) is 5.91 Å². The molecule has 0 spiro atoms. The van der Waals surface area contributed by atoms with E-state index in [1.807, 2.05) is 39.0 Å². The van der Waals surface area contributed by atoms with Gasteiger partial charge in [-0.2, -0.15) is 5.10 Å². The molecule has 1 aromatic carbocycles. The van der Waals surface area contributed by atoms with Crippen LogP contribution in [0.4, 0.5) is 11.4 Å². The van der Waals surface area contributed by atoms with Gasteiger partial charge in [0.05, 0.1) is 11.9 Å². The van der Waals surface area contributed by atoms with Crippen LogP contribution in [-0.2, 0) is 6.54 Å². The number of anilines is 2. The van der Waals surface area contributed by atoms with Gasteiger partial charge in [0.15, 0.2) is 0 Å². The van der Waals surface area contributed by atoms with Crippen molar-refractivity contribution in [1.82, 2.24) is 9.78 Å². The molecule has 19 heavy (non-hydrogen) atoms. The van der Waals surface area contributed by atoms with Crippen molar-refractivity contribution in [2.24, 2.45) is 0 Å². The van der Waals surface area contributed by atoms with Crippen LogP contribution in [0, 0.1) is 13.8 Å². The van der Waals surface area contributed by atoms with Crippen molar-refractivity contribution in [1.29, 1.82) is 0 Å². The van der Waals surface area contributed by atoms with Crippen molar-refractivity contribution in [2.75, 3.05) is 11.1 Å². The van der Waals surface area contributed by atoms with Crippen LogP contribution in [0.3, 0.4) is 0 Å². The number of nitrogen functional groups attached to an aromatic ring is 1. The molecule has 0 unspecified atom stereocenters. The van der Waals surface area contributed by atoms with Crippen molar-refractivity contribution in [3.05, 3.63) is 41.2 Å². The van der Waals surface area contributed by atoms with Gasteiger partial charge in [-0.1, -0.05) is 12.1 Å². The van der Waals surface area contributed by atoms with Crippen LogP contribution in [0.15, 0.2) is 24.4 Å². The molecule has 2 aromatic rings. The number of aryl methyl sites for hydroxylation is 2. The Kier molecular flexibility index (Phi) is 3.55. The third-order valence-corrected chi connectivity index (χ3v) is 3.24. The lowest BCUT2D eigenvalue weighted by Gasteiger charge is -2.11. The molecule has 0 radical (unpaired) electrons. The van der Waals surface area contributed by atoms with Crippen LogP contribution in [0.5, 0.6) is 0 Å². The summed E-state index contributed by atoms with van der Waals surface area (Å²) in [5, 5.41) is 6.96. The Balaban J connectivity index is 2.31. The number of carbonyl (C=O) groups excluding carboxylic acids is 1. The summed E-state index contributed by atoms with van der Waals surface area (Å²) in [6.07, 6.45) is 1.50.